The Morgan fingerprint density at radius 3 is 2.32 bits per heavy atom. The topological polar surface area (TPSA) is 89.3 Å². The Morgan fingerprint density at radius 1 is 1.12 bits per heavy atom. The van der Waals surface area contributed by atoms with E-state index in [0.717, 1.165) is 18.9 Å². The Morgan fingerprint density at radius 2 is 1.76 bits per heavy atom. The smallest absolute Gasteiger partial charge is 0.252 e. The number of nitrogens with two attached hydrogens (primary N) is 1. The van der Waals surface area contributed by atoms with E-state index in [0.29, 0.717) is 6.54 Å². The van der Waals surface area contributed by atoms with Crippen molar-refractivity contribution in [2.45, 2.75) is 23.2 Å². The van der Waals surface area contributed by atoms with Crippen molar-refractivity contribution in [2.24, 2.45) is 5.14 Å². The van der Waals surface area contributed by atoms with Crippen molar-refractivity contribution in [3.8, 4) is 0 Å². The number of halogens is 2. The summed E-state index contributed by atoms with van der Waals surface area (Å²) in [7, 11) is -4.05. The molecule has 25 heavy (non-hydrogen) atoms. The third kappa shape index (κ3) is 3.82. The molecule has 1 amide bonds. The molecule has 0 aliphatic heterocycles. The van der Waals surface area contributed by atoms with E-state index in [4.69, 9.17) is 28.3 Å². The Hall–Kier alpha value is -1.60. The van der Waals surface area contributed by atoms with Gasteiger partial charge in [-0.25, -0.2) is 13.6 Å². The van der Waals surface area contributed by atoms with Crippen LogP contribution in [0.1, 0.15) is 28.8 Å². The lowest BCUT2D eigenvalue weighted by Gasteiger charge is -2.17. The number of hydrogen-bond donors (Lipinski definition) is 2. The van der Waals surface area contributed by atoms with Crippen molar-refractivity contribution >= 4 is 39.1 Å². The van der Waals surface area contributed by atoms with Gasteiger partial charge in [0.25, 0.3) is 5.91 Å². The maximum absolute atomic E-state index is 12.5. The molecule has 5 nitrogen and oxygen atoms in total. The highest BCUT2D eigenvalue weighted by Gasteiger charge is 2.44. The van der Waals surface area contributed by atoms with E-state index < -0.39 is 15.9 Å². The maximum Gasteiger partial charge on any atom is 0.252 e. The average molecular weight is 399 g/mol. The Labute approximate surface area is 156 Å². The summed E-state index contributed by atoms with van der Waals surface area (Å²) in [6, 6.07) is 12.3. The van der Waals surface area contributed by atoms with Gasteiger partial charge in [-0.05, 0) is 30.5 Å². The fourth-order valence-corrected chi connectivity index (χ4v) is 4.18. The quantitative estimate of drug-likeness (QED) is 0.810. The van der Waals surface area contributed by atoms with Gasteiger partial charge in [-0.15, -0.1) is 0 Å². The van der Waals surface area contributed by atoms with Crippen LogP contribution in [0.3, 0.4) is 0 Å². The van der Waals surface area contributed by atoms with Gasteiger partial charge in [0.15, 0.2) is 0 Å². The van der Waals surface area contributed by atoms with Crippen molar-refractivity contribution in [3.63, 3.8) is 0 Å². The van der Waals surface area contributed by atoms with Crippen LogP contribution in [0.5, 0.6) is 0 Å². The molecule has 3 N–H and O–H groups in total. The van der Waals surface area contributed by atoms with Crippen molar-refractivity contribution in [2.75, 3.05) is 6.54 Å². The summed E-state index contributed by atoms with van der Waals surface area (Å²) in [5.74, 6) is -0.464. The van der Waals surface area contributed by atoms with Crippen molar-refractivity contribution in [3.05, 3.63) is 63.6 Å². The third-order valence-corrected chi connectivity index (χ3v) is 6.09. The van der Waals surface area contributed by atoms with E-state index in [-0.39, 0.29) is 25.9 Å². The fraction of sp³-hybridized carbons (Fsp3) is 0.235. The first-order valence-electron chi connectivity index (χ1n) is 7.58. The predicted octanol–water partition coefficient (Wildman–Crippen LogP) is 3.10. The molecule has 0 bridgehead atoms. The van der Waals surface area contributed by atoms with Gasteiger partial charge < -0.3 is 5.32 Å². The summed E-state index contributed by atoms with van der Waals surface area (Å²) in [6.07, 6.45) is 1.96. The fourth-order valence-electron chi connectivity index (χ4n) is 2.78. The summed E-state index contributed by atoms with van der Waals surface area (Å²) in [6.45, 7) is 0.444. The van der Waals surface area contributed by atoms with E-state index in [1.807, 2.05) is 30.3 Å². The van der Waals surface area contributed by atoms with E-state index in [1.165, 1.54) is 11.6 Å². The first kappa shape index (κ1) is 18.2. The standard InChI is InChI=1S/C17H16Cl2N2O3S/c18-13-9-14(19)15(25(20,23)24)8-12(13)16(22)21-10-17(6-7-17)11-4-2-1-3-5-11/h1-5,8-9H,6-7,10H2,(H,21,22)(H2,20,23,24). The second-order valence-corrected chi connectivity index (χ2v) is 8.48. The molecule has 0 aromatic heterocycles. The van der Waals surface area contributed by atoms with Crippen molar-refractivity contribution in [1.82, 2.24) is 5.32 Å². The van der Waals surface area contributed by atoms with Crippen LogP contribution in [0, 0.1) is 0 Å². The second-order valence-electron chi connectivity index (χ2n) is 6.14. The number of carbonyl (C=O) groups is 1. The number of sulfonamides is 1. The molecule has 0 radical (unpaired) electrons. The molecule has 0 atom stereocenters. The van der Waals surface area contributed by atoms with Crippen LogP contribution in [0.15, 0.2) is 47.4 Å². The molecule has 8 heteroatoms. The van der Waals surface area contributed by atoms with Crippen molar-refractivity contribution in [1.29, 1.82) is 0 Å². The van der Waals surface area contributed by atoms with Crippen LogP contribution in [0.2, 0.25) is 10.0 Å². The zero-order valence-electron chi connectivity index (χ0n) is 13.1. The lowest BCUT2D eigenvalue weighted by atomic mass is 9.96. The lowest BCUT2D eigenvalue weighted by Crippen LogP contribution is -2.32. The van der Waals surface area contributed by atoms with E-state index >= 15 is 0 Å². The highest BCUT2D eigenvalue weighted by molar-refractivity contribution is 7.89. The molecule has 0 spiro atoms. The molecule has 1 aliphatic carbocycles. The molecule has 1 saturated carbocycles. The summed E-state index contributed by atoms with van der Waals surface area (Å²) >= 11 is 11.9. The highest BCUT2D eigenvalue weighted by Crippen LogP contribution is 2.47. The zero-order chi connectivity index (χ0) is 18.2. The molecule has 0 saturated heterocycles. The number of carbonyl (C=O) groups excluding carboxylic acids is 1. The van der Waals surface area contributed by atoms with E-state index in [1.54, 1.807) is 0 Å². The van der Waals surface area contributed by atoms with E-state index in [2.05, 4.69) is 5.32 Å². The molecule has 3 rings (SSSR count). The SMILES string of the molecule is NS(=O)(=O)c1cc(C(=O)NCC2(c3ccccc3)CC2)c(Cl)cc1Cl. The van der Waals surface area contributed by atoms with Crippen LogP contribution in [0.25, 0.3) is 0 Å². The third-order valence-electron chi connectivity index (χ3n) is 4.40. The van der Waals surface area contributed by atoms with Gasteiger partial charge in [-0.3, -0.25) is 4.79 Å². The first-order valence-corrected chi connectivity index (χ1v) is 9.89. The summed E-state index contributed by atoms with van der Waals surface area (Å²) < 4.78 is 23.1. The van der Waals surface area contributed by atoms with Crippen LogP contribution in [-0.2, 0) is 15.4 Å². The lowest BCUT2D eigenvalue weighted by molar-refractivity contribution is 0.0949. The summed E-state index contributed by atoms with van der Waals surface area (Å²) in [5.41, 5.74) is 1.13. The number of hydrogen-bond acceptors (Lipinski definition) is 3. The summed E-state index contributed by atoms with van der Waals surface area (Å²) in [5, 5.41) is 7.91. The number of benzene rings is 2. The molecular formula is C17H16Cl2N2O3S. The molecule has 2 aromatic carbocycles. The number of rotatable bonds is 5. The van der Waals surface area contributed by atoms with Gasteiger partial charge in [0.05, 0.1) is 15.6 Å². The Bertz CT molecular complexity index is 926. The molecule has 2 aromatic rings. The van der Waals surface area contributed by atoms with Gasteiger partial charge in [-0.1, -0.05) is 53.5 Å². The van der Waals surface area contributed by atoms with E-state index in [9.17, 15) is 13.2 Å². The maximum atomic E-state index is 12.5. The van der Waals surface area contributed by atoms with Gasteiger partial charge in [0.2, 0.25) is 10.0 Å². The monoisotopic (exact) mass is 398 g/mol. The van der Waals surface area contributed by atoms with Crippen LogP contribution < -0.4 is 10.5 Å². The first-order chi connectivity index (χ1) is 11.7. The van der Waals surface area contributed by atoms with Gasteiger partial charge >= 0.3 is 0 Å². The minimum Gasteiger partial charge on any atom is -0.351 e. The average Bonchev–Trinajstić information content (AvgIpc) is 3.33. The zero-order valence-corrected chi connectivity index (χ0v) is 15.5. The Balaban J connectivity index is 1.81. The Kier molecular flexibility index (Phi) is 4.81. The molecular weight excluding hydrogens is 383 g/mol. The van der Waals surface area contributed by atoms with Gasteiger partial charge in [0, 0.05) is 12.0 Å². The number of amides is 1. The minimum absolute atomic E-state index is 0.0268. The molecule has 0 unspecified atom stereocenters. The number of primary sulfonamides is 1. The van der Waals surface area contributed by atoms with Crippen LogP contribution >= 0.6 is 23.2 Å². The normalized spacial score (nSPS) is 15.6. The van der Waals surface area contributed by atoms with Crippen molar-refractivity contribution < 1.29 is 13.2 Å². The summed E-state index contributed by atoms with van der Waals surface area (Å²) in [4.78, 5) is 12.2. The highest BCUT2D eigenvalue weighted by atomic mass is 35.5. The molecule has 0 heterocycles. The molecule has 1 aliphatic rings. The predicted molar refractivity (Wildman–Crippen MR) is 97.5 cm³/mol. The largest absolute Gasteiger partial charge is 0.351 e. The molecule has 1 fully saturated rings. The molecule has 132 valence electrons. The van der Waals surface area contributed by atoms with Crippen LogP contribution in [-0.4, -0.2) is 20.9 Å². The van der Waals surface area contributed by atoms with Gasteiger partial charge in [0.1, 0.15) is 4.90 Å². The minimum atomic E-state index is -4.05. The van der Waals surface area contributed by atoms with Crippen LogP contribution in [0.4, 0.5) is 0 Å². The second kappa shape index (κ2) is 6.61. The van der Waals surface area contributed by atoms with Gasteiger partial charge in [-0.2, -0.15) is 0 Å². The number of nitrogens with one attached hydrogen (secondary N) is 1.